The maximum absolute atomic E-state index is 10.3. The Kier molecular flexibility index (Phi) is 4.06. The highest BCUT2D eigenvalue weighted by molar-refractivity contribution is 5.70. The Morgan fingerprint density at radius 3 is 2.17 bits per heavy atom. The van der Waals surface area contributed by atoms with E-state index >= 15 is 0 Å². The third-order valence-electron chi connectivity index (χ3n) is 1.47. The van der Waals surface area contributed by atoms with Gasteiger partial charge in [0.05, 0.1) is 19.1 Å². The number of carboxylic acids is 1. The number of likely N-dealkylation sites (N-methyl/N-ethyl adjacent to an activating group) is 1. The van der Waals surface area contributed by atoms with E-state index < -0.39 is 24.7 Å². The molecule has 12 heavy (non-hydrogen) atoms. The van der Waals surface area contributed by atoms with E-state index in [0.717, 1.165) is 4.90 Å². The molecule has 0 heterocycles. The van der Waals surface area contributed by atoms with Gasteiger partial charge in [0, 0.05) is 7.05 Å². The number of hydrogen-bond acceptors (Lipinski definition) is 3. The SMILES string of the molecule is CN(C(=O)O)[C@H](CO)CC(=O)O. The average Bonchev–Trinajstić information content (AvgIpc) is 1.98. The summed E-state index contributed by atoms with van der Waals surface area (Å²) in [5, 5.41) is 25.4. The van der Waals surface area contributed by atoms with Crippen molar-refractivity contribution in [2.45, 2.75) is 12.5 Å². The second-order valence-corrected chi connectivity index (χ2v) is 2.33. The lowest BCUT2D eigenvalue weighted by atomic mass is 10.2. The van der Waals surface area contributed by atoms with Crippen molar-refractivity contribution >= 4 is 12.1 Å². The molecule has 1 amide bonds. The summed E-state index contributed by atoms with van der Waals surface area (Å²) >= 11 is 0. The fraction of sp³-hybridized carbons (Fsp3) is 0.667. The van der Waals surface area contributed by atoms with E-state index in [-0.39, 0.29) is 6.42 Å². The predicted octanol–water partition coefficient (Wildman–Crippen LogP) is -0.568. The number of carboxylic acid groups (broad SMARTS) is 2. The van der Waals surface area contributed by atoms with Crippen molar-refractivity contribution in [3.05, 3.63) is 0 Å². The zero-order chi connectivity index (χ0) is 9.72. The third kappa shape index (κ3) is 3.20. The minimum absolute atomic E-state index is 0.390. The number of aliphatic hydroxyl groups excluding tert-OH is 1. The average molecular weight is 177 g/mol. The molecule has 0 rings (SSSR count). The van der Waals surface area contributed by atoms with Crippen LogP contribution in [-0.4, -0.2) is 52.0 Å². The first-order valence-corrected chi connectivity index (χ1v) is 3.27. The van der Waals surface area contributed by atoms with Crippen LogP contribution in [0, 0.1) is 0 Å². The van der Waals surface area contributed by atoms with Crippen molar-refractivity contribution < 1.29 is 24.9 Å². The maximum Gasteiger partial charge on any atom is 0.407 e. The van der Waals surface area contributed by atoms with Crippen molar-refractivity contribution in [3.63, 3.8) is 0 Å². The maximum atomic E-state index is 10.3. The largest absolute Gasteiger partial charge is 0.481 e. The van der Waals surface area contributed by atoms with Gasteiger partial charge in [-0.25, -0.2) is 4.79 Å². The second-order valence-electron chi connectivity index (χ2n) is 2.33. The highest BCUT2D eigenvalue weighted by Gasteiger charge is 2.20. The fourth-order valence-corrected chi connectivity index (χ4v) is 0.682. The molecule has 0 spiro atoms. The summed E-state index contributed by atoms with van der Waals surface area (Å²) in [5.41, 5.74) is 0. The van der Waals surface area contributed by atoms with E-state index in [1.165, 1.54) is 7.05 Å². The fourth-order valence-electron chi connectivity index (χ4n) is 0.682. The normalized spacial score (nSPS) is 12.2. The first-order valence-electron chi connectivity index (χ1n) is 3.27. The molecule has 1 atom stereocenters. The molecule has 0 fully saturated rings. The predicted molar refractivity (Wildman–Crippen MR) is 38.9 cm³/mol. The third-order valence-corrected chi connectivity index (χ3v) is 1.47. The topological polar surface area (TPSA) is 98.1 Å². The molecule has 0 aliphatic carbocycles. The molecule has 0 aliphatic rings. The highest BCUT2D eigenvalue weighted by Crippen LogP contribution is 2.01. The first kappa shape index (κ1) is 10.7. The molecule has 0 aromatic carbocycles. The van der Waals surface area contributed by atoms with Gasteiger partial charge in [0.25, 0.3) is 0 Å². The van der Waals surface area contributed by atoms with E-state index in [1.54, 1.807) is 0 Å². The zero-order valence-corrected chi connectivity index (χ0v) is 6.60. The summed E-state index contributed by atoms with van der Waals surface area (Å²) in [6.07, 6.45) is -1.64. The molecule has 0 saturated heterocycles. The van der Waals surface area contributed by atoms with Gasteiger partial charge in [-0.05, 0) is 0 Å². The standard InChI is InChI=1S/C6H11NO5/c1-7(6(11)12)4(3-8)2-5(9)10/h4,8H,2-3H2,1H3,(H,9,10)(H,11,12)/t4-/m0/s1. The lowest BCUT2D eigenvalue weighted by Crippen LogP contribution is -2.39. The van der Waals surface area contributed by atoms with Crippen molar-refractivity contribution in [1.29, 1.82) is 0 Å². The molecule has 0 radical (unpaired) electrons. The van der Waals surface area contributed by atoms with Crippen LogP contribution < -0.4 is 0 Å². The summed E-state index contributed by atoms with van der Waals surface area (Å²) in [5.74, 6) is -1.14. The van der Waals surface area contributed by atoms with Gasteiger partial charge >= 0.3 is 12.1 Å². The van der Waals surface area contributed by atoms with Gasteiger partial charge < -0.3 is 20.2 Å². The van der Waals surface area contributed by atoms with Crippen LogP contribution >= 0.6 is 0 Å². The molecule has 0 saturated carbocycles. The Morgan fingerprint density at radius 1 is 1.42 bits per heavy atom. The van der Waals surface area contributed by atoms with Crippen molar-refractivity contribution in [1.82, 2.24) is 4.90 Å². The van der Waals surface area contributed by atoms with Gasteiger partial charge in [-0.15, -0.1) is 0 Å². The molecular formula is C6H11NO5. The number of nitrogens with zero attached hydrogens (tertiary/aromatic N) is 1. The van der Waals surface area contributed by atoms with E-state index in [1.807, 2.05) is 0 Å². The van der Waals surface area contributed by atoms with E-state index in [4.69, 9.17) is 15.3 Å². The Labute approximate surface area is 69.0 Å². The summed E-state index contributed by atoms with van der Waals surface area (Å²) in [4.78, 5) is 21.2. The molecule has 6 nitrogen and oxygen atoms in total. The number of carbonyl (C=O) groups is 2. The van der Waals surface area contributed by atoms with Gasteiger partial charge in [0.15, 0.2) is 0 Å². The molecule has 0 aliphatic heterocycles. The van der Waals surface area contributed by atoms with Crippen LogP contribution in [0.5, 0.6) is 0 Å². The summed E-state index contributed by atoms with van der Waals surface area (Å²) in [7, 11) is 1.21. The van der Waals surface area contributed by atoms with Crippen LogP contribution in [0.2, 0.25) is 0 Å². The van der Waals surface area contributed by atoms with Crippen molar-refractivity contribution in [3.8, 4) is 0 Å². The van der Waals surface area contributed by atoms with Crippen molar-refractivity contribution in [2.24, 2.45) is 0 Å². The number of hydrogen-bond donors (Lipinski definition) is 3. The van der Waals surface area contributed by atoms with Crippen LogP contribution in [0.15, 0.2) is 0 Å². The number of rotatable bonds is 4. The lowest BCUT2D eigenvalue weighted by Gasteiger charge is -2.21. The number of amides is 1. The second kappa shape index (κ2) is 4.55. The zero-order valence-electron chi connectivity index (χ0n) is 6.60. The van der Waals surface area contributed by atoms with E-state index in [2.05, 4.69) is 0 Å². The van der Waals surface area contributed by atoms with Crippen LogP contribution in [0.3, 0.4) is 0 Å². The van der Waals surface area contributed by atoms with Gasteiger partial charge in [-0.1, -0.05) is 0 Å². The van der Waals surface area contributed by atoms with Crippen LogP contribution in [-0.2, 0) is 4.79 Å². The quantitative estimate of drug-likeness (QED) is 0.534. The molecule has 0 aromatic rings. The van der Waals surface area contributed by atoms with Gasteiger partial charge in [0.2, 0.25) is 0 Å². The van der Waals surface area contributed by atoms with E-state index in [0.29, 0.717) is 0 Å². The van der Waals surface area contributed by atoms with Crippen LogP contribution in [0.25, 0.3) is 0 Å². The monoisotopic (exact) mass is 177 g/mol. The Bertz CT molecular complexity index is 181. The highest BCUT2D eigenvalue weighted by atomic mass is 16.4. The lowest BCUT2D eigenvalue weighted by molar-refractivity contribution is -0.138. The number of aliphatic hydroxyl groups is 1. The molecule has 0 unspecified atom stereocenters. The molecular weight excluding hydrogens is 166 g/mol. The summed E-state index contributed by atoms with van der Waals surface area (Å²) in [6.45, 7) is -0.491. The molecule has 3 N–H and O–H groups in total. The minimum Gasteiger partial charge on any atom is -0.481 e. The molecule has 0 bridgehead atoms. The Hall–Kier alpha value is -1.30. The van der Waals surface area contributed by atoms with Gasteiger partial charge in [-0.2, -0.15) is 0 Å². The first-order chi connectivity index (χ1) is 5.49. The minimum atomic E-state index is -1.25. The summed E-state index contributed by atoms with van der Waals surface area (Å²) in [6, 6.07) is -0.875. The van der Waals surface area contributed by atoms with Crippen LogP contribution in [0.4, 0.5) is 4.79 Å². The Morgan fingerprint density at radius 2 is 1.92 bits per heavy atom. The van der Waals surface area contributed by atoms with E-state index in [9.17, 15) is 9.59 Å². The smallest absolute Gasteiger partial charge is 0.407 e. The van der Waals surface area contributed by atoms with Crippen molar-refractivity contribution in [2.75, 3.05) is 13.7 Å². The molecule has 70 valence electrons. The van der Waals surface area contributed by atoms with Gasteiger partial charge in [-0.3, -0.25) is 4.79 Å². The van der Waals surface area contributed by atoms with Crippen LogP contribution in [0.1, 0.15) is 6.42 Å². The molecule has 0 aromatic heterocycles. The molecule has 6 heteroatoms. The summed E-state index contributed by atoms with van der Waals surface area (Å²) < 4.78 is 0. The van der Waals surface area contributed by atoms with Gasteiger partial charge in [0.1, 0.15) is 0 Å². The number of aliphatic carboxylic acids is 1. The Balaban J connectivity index is 4.14.